The molecular formula is C12H12Cl2N4S. The van der Waals surface area contributed by atoms with E-state index in [2.05, 4.69) is 19.9 Å². The van der Waals surface area contributed by atoms with Gasteiger partial charge in [-0.1, -0.05) is 11.6 Å². The standard InChI is InChI=1S/C12H12Cl2N4S/c13-8-4-7-19-9(8)10-15-11(14)17-12(16-10)18-5-2-1-3-6-18/h4,7H,1-3,5-6H2. The molecule has 1 fully saturated rings. The Kier molecular flexibility index (Phi) is 3.86. The van der Waals surface area contributed by atoms with Gasteiger partial charge in [0.15, 0.2) is 5.82 Å². The molecule has 3 rings (SSSR count). The molecule has 100 valence electrons. The number of hydrogen-bond acceptors (Lipinski definition) is 5. The van der Waals surface area contributed by atoms with Gasteiger partial charge < -0.3 is 4.90 Å². The second kappa shape index (κ2) is 5.61. The van der Waals surface area contributed by atoms with Crippen molar-refractivity contribution in [3.05, 3.63) is 21.8 Å². The van der Waals surface area contributed by atoms with E-state index in [1.54, 1.807) is 0 Å². The van der Waals surface area contributed by atoms with Crippen LogP contribution in [0.2, 0.25) is 10.3 Å². The molecule has 19 heavy (non-hydrogen) atoms. The van der Waals surface area contributed by atoms with Crippen LogP contribution in [0.15, 0.2) is 11.4 Å². The average molecular weight is 315 g/mol. The Bertz CT molecular complexity index is 581. The van der Waals surface area contributed by atoms with Gasteiger partial charge in [0.2, 0.25) is 11.2 Å². The molecule has 0 aromatic carbocycles. The van der Waals surface area contributed by atoms with E-state index in [4.69, 9.17) is 23.2 Å². The molecule has 0 spiro atoms. The Morgan fingerprint density at radius 3 is 2.53 bits per heavy atom. The highest BCUT2D eigenvalue weighted by Crippen LogP contribution is 2.32. The number of anilines is 1. The van der Waals surface area contributed by atoms with Gasteiger partial charge in [-0.3, -0.25) is 0 Å². The molecule has 0 saturated carbocycles. The van der Waals surface area contributed by atoms with Crippen LogP contribution in [-0.4, -0.2) is 28.0 Å². The van der Waals surface area contributed by atoms with E-state index in [1.807, 2.05) is 11.4 Å². The fourth-order valence-electron chi connectivity index (χ4n) is 2.13. The number of hydrogen-bond donors (Lipinski definition) is 0. The van der Waals surface area contributed by atoms with Gasteiger partial charge in [0.1, 0.15) is 0 Å². The van der Waals surface area contributed by atoms with Crippen molar-refractivity contribution in [1.29, 1.82) is 0 Å². The predicted octanol–water partition coefficient (Wildman–Crippen LogP) is 3.90. The molecule has 2 aromatic heterocycles. The molecule has 0 aliphatic carbocycles. The maximum absolute atomic E-state index is 6.12. The topological polar surface area (TPSA) is 41.9 Å². The molecule has 0 radical (unpaired) electrons. The molecule has 4 nitrogen and oxygen atoms in total. The van der Waals surface area contributed by atoms with Gasteiger partial charge >= 0.3 is 0 Å². The molecule has 0 amide bonds. The van der Waals surface area contributed by atoms with Crippen LogP contribution in [0.25, 0.3) is 10.7 Å². The third kappa shape index (κ3) is 2.83. The van der Waals surface area contributed by atoms with Gasteiger partial charge in [-0.15, -0.1) is 11.3 Å². The smallest absolute Gasteiger partial charge is 0.230 e. The molecule has 0 bridgehead atoms. The first kappa shape index (κ1) is 13.1. The fraction of sp³-hybridized carbons (Fsp3) is 0.417. The van der Waals surface area contributed by atoms with E-state index in [9.17, 15) is 0 Å². The van der Waals surface area contributed by atoms with Gasteiger partial charge in [0.25, 0.3) is 0 Å². The van der Waals surface area contributed by atoms with Crippen LogP contribution in [-0.2, 0) is 0 Å². The van der Waals surface area contributed by atoms with Crippen molar-refractivity contribution >= 4 is 40.5 Å². The fourth-order valence-corrected chi connectivity index (χ4v) is 3.36. The van der Waals surface area contributed by atoms with Crippen LogP contribution in [0.4, 0.5) is 5.95 Å². The second-order valence-corrected chi connectivity index (χ2v) is 6.03. The minimum Gasteiger partial charge on any atom is -0.341 e. The van der Waals surface area contributed by atoms with Gasteiger partial charge in [0, 0.05) is 13.1 Å². The number of aromatic nitrogens is 3. The number of halogens is 2. The van der Waals surface area contributed by atoms with E-state index >= 15 is 0 Å². The summed E-state index contributed by atoms with van der Waals surface area (Å²) in [6.45, 7) is 1.94. The summed E-state index contributed by atoms with van der Waals surface area (Å²) < 4.78 is 0. The lowest BCUT2D eigenvalue weighted by Gasteiger charge is -2.26. The molecule has 3 heterocycles. The zero-order valence-corrected chi connectivity index (χ0v) is 12.5. The number of thiophene rings is 1. The first-order valence-corrected chi connectivity index (χ1v) is 7.77. The van der Waals surface area contributed by atoms with Gasteiger partial charge in [0.05, 0.1) is 9.90 Å². The third-order valence-corrected chi connectivity index (χ3v) is 4.56. The Morgan fingerprint density at radius 1 is 1.05 bits per heavy atom. The highest BCUT2D eigenvalue weighted by molar-refractivity contribution is 7.14. The summed E-state index contributed by atoms with van der Waals surface area (Å²) >= 11 is 13.6. The second-order valence-electron chi connectivity index (χ2n) is 4.37. The molecule has 0 unspecified atom stereocenters. The van der Waals surface area contributed by atoms with E-state index in [-0.39, 0.29) is 5.28 Å². The van der Waals surface area contributed by atoms with Gasteiger partial charge in [-0.25, -0.2) is 0 Å². The van der Waals surface area contributed by atoms with E-state index in [0.29, 0.717) is 16.8 Å². The molecule has 0 atom stereocenters. The molecular weight excluding hydrogens is 303 g/mol. The van der Waals surface area contributed by atoms with Crippen molar-refractivity contribution in [2.24, 2.45) is 0 Å². The lowest BCUT2D eigenvalue weighted by Crippen LogP contribution is -2.31. The SMILES string of the molecule is Clc1nc(-c2sccc2Cl)nc(N2CCCCC2)n1. The molecule has 1 saturated heterocycles. The van der Waals surface area contributed by atoms with E-state index in [0.717, 1.165) is 18.0 Å². The monoisotopic (exact) mass is 314 g/mol. The van der Waals surface area contributed by atoms with Crippen LogP contribution in [0, 0.1) is 0 Å². The number of nitrogens with zero attached hydrogens (tertiary/aromatic N) is 4. The Hall–Kier alpha value is -0.910. The van der Waals surface area contributed by atoms with E-state index in [1.165, 1.54) is 30.6 Å². The summed E-state index contributed by atoms with van der Waals surface area (Å²) in [5.41, 5.74) is 0. The molecule has 0 N–H and O–H groups in total. The summed E-state index contributed by atoms with van der Waals surface area (Å²) in [6.07, 6.45) is 3.59. The highest BCUT2D eigenvalue weighted by Gasteiger charge is 2.17. The van der Waals surface area contributed by atoms with Crippen LogP contribution in [0.3, 0.4) is 0 Å². The summed E-state index contributed by atoms with van der Waals surface area (Å²) in [4.78, 5) is 15.9. The van der Waals surface area contributed by atoms with Crippen molar-refractivity contribution in [2.75, 3.05) is 18.0 Å². The van der Waals surface area contributed by atoms with Gasteiger partial charge in [-0.2, -0.15) is 15.0 Å². The average Bonchev–Trinajstić information content (AvgIpc) is 2.85. The van der Waals surface area contributed by atoms with Crippen LogP contribution >= 0.6 is 34.5 Å². The molecule has 1 aliphatic heterocycles. The Labute approximate surface area is 125 Å². The van der Waals surface area contributed by atoms with Crippen molar-refractivity contribution in [2.45, 2.75) is 19.3 Å². The lowest BCUT2D eigenvalue weighted by molar-refractivity contribution is 0.567. The number of rotatable bonds is 2. The zero-order chi connectivity index (χ0) is 13.2. The predicted molar refractivity (Wildman–Crippen MR) is 79.2 cm³/mol. The first-order chi connectivity index (χ1) is 9.24. The van der Waals surface area contributed by atoms with Crippen molar-refractivity contribution in [3.8, 4) is 10.7 Å². The molecule has 7 heteroatoms. The van der Waals surface area contributed by atoms with Crippen LogP contribution in [0.5, 0.6) is 0 Å². The largest absolute Gasteiger partial charge is 0.341 e. The van der Waals surface area contributed by atoms with Crippen LogP contribution in [0.1, 0.15) is 19.3 Å². The summed E-state index contributed by atoms with van der Waals surface area (Å²) in [5, 5.41) is 2.78. The quantitative estimate of drug-likeness (QED) is 0.843. The maximum atomic E-state index is 6.12. The molecule has 2 aromatic rings. The minimum absolute atomic E-state index is 0.218. The van der Waals surface area contributed by atoms with Crippen molar-refractivity contribution < 1.29 is 0 Å². The first-order valence-electron chi connectivity index (χ1n) is 6.14. The van der Waals surface area contributed by atoms with Crippen LogP contribution < -0.4 is 4.90 Å². The van der Waals surface area contributed by atoms with Crippen molar-refractivity contribution in [3.63, 3.8) is 0 Å². The normalized spacial score (nSPS) is 15.8. The minimum atomic E-state index is 0.218. The van der Waals surface area contributed by atoms with Gasteiger partial charge in [-0.05, 0) is 42.3 Å². The maximum Gasteiger partial charge on any atom is 0.230 e. The summed E-state index contributed by atoms with van der Waals surface area (Å²) in [7, 11) is 0. The Morgan fingerprint density at radius 2 is 1.84 bits per heavy atom. The molecule has 1 aliphatic rings. The lowest BCUT2D eigenvalue weighted by atomic mass is 10.1. The zero-order valence-electron chi connectivity index (χ0n) is 10.1. The summed E-state index contributed by atoms with van der Waals surface area (Å²) in [5.74, 6) is 1.21. The Balaban J connectivity index is 1.98. The van der Waals surface area contributed by atoms with E-state index < -0.39 is 0 Å². The highest BCUT2D eigenvalue weighted by atomic mass is 35.5. The van der Waals surface area contributed by atoms with Crippen molar-refractivity contribution in [1.82, 2.24) is 15.0 Å². The third-order valence-electron chi connectivity index (χ3n) is 3.06. The number of piperidine rings is 1. The summed E-state index contributed by atoms with van der Waals surface area (Å²) in [6, 6.07) is 1.83.